The van der Waals surface area contributed by atoms with Gasteiger partial charge in [-0.1, -0.05) is 0 Å². The predicted molar refractivity (Wildman–Crippen MR) is 65.4 cm³/mol. The molecule has 15 heavy (non-hydrogen) atoms. The van der Waals surface area contributed by atoms with E-state index in [0.29, 0.717) is 0 Å². The summed E-state index contributed by atoms with van der Waals surface area (Å²) < 4.78 is 0. The first kappa shape index (κ1) is 11.9. The molecule has 0 saturated heterocycles. The minimum Gasteiger partial charge on any atom is -0.383 e. The third-order valence-electron chi connectivity index (χ3n) is 1.90. The maximum atomic E-state index is 11.6. The van der Waals surface area contributed by atoms with Gasteiger partial charge in [0.2, 0.25) is 0 Å². The van der Waals surface area contributed by atoms with Crippen molar-refractivity contribution >= 4 is 17.5 Å². The fourth-order valence-electron chi connectivity index (χ4n) is 1.07. The zero-order valence-corrected chi connectivity index (χ0v) is 10.0. The van der Waals surface area contributed by atoms with Gasteiger partial charge in [-0.2, -0.15) is 0 Å². The molecule has 3 heteroatoms. The highest BCUT2D eigenvalue weighted by Crippen LogP contribution is 2.15. The second-order valence-corrected chi connectivity index (χ2v) is 4.25. The maximum Gasteiger partial charge on any atom is 0.187 e. The Hall–Kier alpha value is -1.22. The van der Waals surface area contributed by atoms with Gasteiger partial charge < -0.3 is 4.90 Å². The highest BCUT2D eigenvalue weighted by molar-refractivity contribution is 7.98. The van der Waals surface area contributed by atoms with E-state index in [4.69, 9.17) is 0 Å². The van der Waals surface area contributed by atoms with Gasteiger partial charge in [0, 0.05) is 36.8 Å². The van der Waals surface area contributed by atoms with Crippen molar-refractivity contribution in [3.8, 4) is 0 Å². The summed E-state index contributed by atoms with van der Waals surface area (Å²) in [6.45, 7) is 0. The van der Waals surface area contributed by atoms with Gasteiger partial charge in [0.15, 0.2) is 5.78 Å². The summed E-state index contributed by atoms with van der Waals surface area (Å²) in [6.07, 6.45) is 5.35. The van der Waals surface area contributed by atoms with Crippen molar-refractivity contribution in [1.82, 2.24) is 4.90 Å². The van der Waals surface area contributed by atoms with E-state index in [1.54, 1.807) is 24.0 Å². The molecular formula is C12H15NOS. The number of carbonyl (C=O) groups is 1. The molecule has 80 valence electrons. The first-order valence-electron chi connectivity index (χ1n) is 4.66. The van der Waals surface area contributed by atoms with Gasteiger partial charge in [-0.3, -0.25) is 4.79 Å². The minimum absolute atomic E-state index is 0.0383. The fraction of sp³-hybridized carbons (Fsp3) is 0.250. The maximum absolute atomic E-state index is 11.6. The molecule has 0 spiro atoms. The Labute approximate surface area is 95.0 Å². The Bertz CT molecular complexity index is 354. The fourth-order valence-corrected chi connectivity index (χ4v) is 1.48. The summed E-state index contributed by atoms with van der Waals surface area (Å²) in [4.78, 5) is 14.6. The van der Waals surface area contributed by atoms with Crippen LogP contribution in [0.25, 0.3) is 0 Å². The molecule has 0 aromatic heterocycles. The summed E-state index contributed by atoms with van der Waals surface area (Å²) in [5.74, 6) is 0.0383. The van der Waals surface area contributed by atoms with Gasteiger partial charge in [0.05, 0.1) is 0 Å². The summed E-state index contributed by atoms with van der Waals surface area (Å²) in [7, 11) is 3.78. The van der Waals surface area contributed by atoms with Crippen LogP contribution in [0.15, 0.2) is 41.4 Å². The Kier molecular flexibility index (Phi) is 4.43. The van der Waals surface area contributed by atoms with Crippen molar-refractivity contribution in [2.24, 2.45) is 0 Å². The number of rotatable bonds is 4. The van der Waals surface area contributed by atoms with E-state index >= 15 is 0 Å². The van der Waals surface area contributed by atoms with Crippen LogP contribution in [0, 0.1) is 0 Å². The van der Waals surface area contributed by atoms with Gasteiger partial charge in [-0.15, -0.1) is 11.8 Å². The zero-order valence-electron chi connectivity index (χ0n) is 9.23. The van der Waals surface area contributed by atoms with E-state index in [9.17, 15) is 4.79 Å². The molecule has 0 aliphatic carbocycles. The quantitative estimate of drug-likeness (QED) is 0.443. The highest BCUT2D eigenvalue weighted by atomic mass is 32.2. The topological polar surface area (TPSA) is 20.3 Å². The number of hydrogen-bond acceptors (Lipinski definition) is 3. The van der Waals surface area contributed by atoms with Gasteiger partial charge >= 0.3 is 0 Å². The van der Waals surface area contributed by atoms with Crippen LogP contribution in [0.5, 0.6) is 0 Å². The van der Waals surface area contributed by atoms with Crippen molar-refractivity contribution < 1.29 is 4.79 Å². The molecule has 1 aromatic rings. The van der Waals surface area contributed by atoms with E-state index < -0.39 is 0 Å². The lowest BCUT2D eigenvalue weighted by Gasteiger charge is -2.03. The molecule has 0 aliphatic heterocycles. The Morgan fingerprint density at radius 1 is 1.27 bits per heavy atom. The molecule has 0 bridgehead atoms. The van der Waals surface area contributed by atoms with Crippen LogP contribution in [0.4, 0.5) is 0 Å². The van der Waals surface area contributed by atoms with Crippen molar-refractivity contribution in [3.05, 3.63) is 42.1 Å². The SMILES string of the molecule is CSc1ccc(C(=O)/C=C/N(C)C)cc1. The van der Waals surface area contributed by atoms with Crippen LogP contribution in [-0.4, -0.2) is 31.0 Å². The van der Waals surface area contributed by atoms with E-state index in [1.165, 1.54) is 4.90 Å². The molecule has 0 unspecified atom stereocenters. The van der Waals surface area contributed by atoms with Gasteiger partial charge in [-0.05, 0) is 30.5 Å². The molecule has 0 N–H and O–H groups in total. The third kappa shape index (κ3) is 3.80. The molecule has 0 saturated carbocycles. The van der Waals surface area contributed by atoms with Crippen molar-refractivity contribution in [1.29, 1.82) is 0 Å². The largest absolute Gasteiger partial charge is 0.383 e. The molecule has 0 atom stereocenters. The molecular weight excluding hydrogens is 206 g/mol. The lowest BCUT2D eigenvalue weighted by molar-refractivity contribution is 0.104. The third-order valence-corrected chi connectivity index (χ3v) is 2.64. The lowest BCUT2D eigenvalue weighted by Crippen LogP contribution is -2.03. The molecule has 1 aromatic carbocycles. The van der Waals surface area contributed by atoms with Crippen molar-refractivity contribution in [3.63, 3.8) is 0 Å². The molecule has 1 rings (SSSR count). The first-order valence-corrected chi connectivity index (χ1v) is 5.89. The minimum atomic E-state index is 0.0383. The van der Waals surface area contributed by atoms with Crippen LogP contribution in [0.2, 0.25) is 0 Å². The number of nitrogens with zero attached hydrogens (tertiary/aromatic N) is 1. The van der Waals surface area contributed by atoms with Gasteiger partial charge in [0.1, 0.15) is 0 Å². The summed E-state index contributed by atoms with van der Waals surface area (Å²) >= 11 is 1.67. The number of allylic oxidation sites excluding steroid dienone is 1. The average molecular weight is 221 g/mol. The van der Waals surface area contributed by atoms with E-state index in [-0.39, 0.29) is 5.78 Å². The van der Waals surface area contributed by atoms with Crippen LogP contribution in [-0.2, 0) is 0 Å². The summed E-state index contributed by atoms with van der Waals surface area (Å²) in [5.41, 5.74) is 0.728. The van der Waals surface area contributed by atoms with Crippen molar-refractivity contribution in [2.75, 3.05) is 20.4 Å². The molecule has 0 heterocycles. The number of carbonyl (C=O) groups excluding carboxylic acids is 1. The smallest absolute Gasteiger partial charge is 0.187 e. The van der Waals surface area contributed by atoms with Crippen LogP contribution >= 0.6 is 11.8 Å². The molecule has 0 aliphatic rings. The van der Waals surface area contributed by atoms with Crippen molar-refractivity contribution in [2.45, 2.75) is 4.90 Å². The summed E-state index contributed by atoms with van der Waals surface area (Å²) in [5, 5.41) is 0. The second-order valence-electron chi connectivity index (χ2n) is 3.37. The number of ketones is 1. The highest BCUT2D eigenvalue weighted by Gasteiger charge is 2.00. The normalized spacial score (nSPS) is 10.6. The van der Waals surface area contributed by atoms with E-state index in [1.807, 2.05) is 49.5 Å². The summed E-state index contributed by atoms with van der Waals surface area (Å²) in [6, 6.07) is 7.63. The first-order chi connectivity index (χ1) is 7.13. The average Bonchev–Trinajstić information content (AvgIpc) is 2.26. The molecule has 2 nitrogen and oxygen atoms in total. The van der Waals surface area contributed by atoms with Crippen LogP contribution in [0.3, 0.4) is 0 Å². The Balaban J connectivity index is 2.74. The number of thioether (sulfide) groups is 1. The van der Waals surface area contributed by atoms with Gasteiger partial charge in [-0.25, -0.2) is 0 Å². The van der Waals surface area contributed by atoms with Crippen LogP contribution in [0.1, 0.15) is 10.4 Å². The standard InChI is InChI=1S/C12H15NOS/c1-13(2)9-8-12(14)10-4-6-11(15-3)7-5-10/h4-9H,1-3H3/b9-8+. The van der Waals surface area contributed by atoms with E-state index in [2.05, 4.69) is 0 Å². The number of benzene rings is 1. The second kappa shape index (κ2) is 5.61. The molecule has 0 radical (unpaired) electrons. The monoisotopic (exact) mass is 221 g/mol. The van der Waals surface area contributed by atoms with Crippen LogP contribution < -0.4 is 0 Å². The Morgan fingerprint density at radius 2 is 1.87 bits per heavy atom. The Morgan fingerprint density at radius 3 is 2.33 bits per heavy atom. The number of hydrogen-bond donors (Lipinski definition) is 0. The predicted octanol–water partition coefficient (Wildman–Crippen LogP) is 2.67. The van der Waals surface area contributed by atoms with E-state index in [0.717, 1.165) is 5.56 Å². The van der Waals surface area contributed by atoms with Gasteiger partial charge in [0.25, 0.3) is 0 Å². The molecule has 0 fully saturated rings. The zero-order chi connectivity index (χ0) is 11.3. The lowest BCUT2D eigenvalue weighted by atomic mass is 10.1. The molecule has 0 amide bonds.